The number of imidazole rings is 1. The number of nitrogens with one attached hydrogen (secondary N) is 2. The van der Waals surface area contributed by atoms with Gasteiger partial charge in [-0.15, -0.1) is 0 Å². The van der Waals surface area contributed by atoms with Crippen LogP contribution < -0.4 is 10.0 Å². The second-order valence-electron chi connectivity index (χ2n) is 6.78. The number of nitrogens with zero attached hydrogens (tertiary/aromatic N) is 2. The Labute approximate surface area is 158 Å². The number of anilines is 1. The summed E-state index contributed by atoms with van der Waals surface area (Å²) in [5.41, 5.74) is 6.65. The third kappa shape index (κ3) is 3.38. The first kappa shape index (κ1) is 17.2. The zero-order valence-corrected chi connectivity index (χ0v) is 15.9. The molecule has 0 unspecified atom stereocenters. The van der Waals surface area contributed by atoms with E-state index in [4.69, 9.17) is 0 Å². The van der Waals surface area contributed by atoms with Crippen LogP contribution in [0.15, 0.2) is 23.9 Å². The number of carbonyl (C=O) groups is 1. The fourth-order valence-corrected chi connectivity index (χ4v) is 4.45. The van der Waals surface area contributed by atoms with Crippen LogP contribution >= 0.6 is 11.9 Å². The Morgan fingerprint density at radius 3 is 2.65 bits per heavy atom. The Balaban J connectivity index is 1.40. The molecule has 6 heteroatoms. The van der Waals surface area contributed by atoms with E-state index in [1.807, 2.05) is 22.2 Å². The van der Waals surface area contributed by atoms with Gasteiger partial charge in [0, 0.05) is 24.6 Å². The first-order valence-electron chi connectivity index (χ1n) is 9.33. The molecule has 0 fully saturated rings. The summed E-state index contributed by atoms with van der Waals surface area (Å²) in [5, 5.41) is 4.99. The van der Waals surface area contributed by atoms with Crippen molar-refractivity contribution in [1.82, 2.24) is 14.3 Å². The third-order valence-electron chi connectivity index (χ3n) is 5.24. The molecule has 1 heterocycles. The molecule has 2 aliphatic rings. The molecule has 1 aromatic carbocycles. The van der Waals surface area contributed by atoms with Gasteiger partial charge in [0.15, 0.2) is 0 Å². The Hall–Kier alpha value is -2.21. The van der Waals surface area contributed by atoms with Crippen LogP contribution in [-0.2, 0) is 32.2 Å². The molecular formula is C20H24N4OS. The number of aromatic nitrogens is 2. The molecule has 0 radical (unpaired) electrons. The highest BCUT2D eigenvalue weighted by Gasteiger charge is 2.24. The zero-order valence-electron chi connectivity index (χ0n) is 15.0. The normalized spacial score (nSPS) is 15.3. The Morgan fingerprint density at radius 2 is 1.96 bits per heavy atom. The second-order valence-corrected chi connectivity index (χ2v) is 7.49. The number of aryl methyl sites for hydroxylation is 3. The minimum atomic E-state index is -0.159. The second kappa shape index (κ2) is 7.58. The molecule has 0 saturated carbocycles. The van der Waals surface area contributed by atoms with Crippen molar-refractivity contribution in [2.45, 2.75) is 52.0 Å². The topological polar surface area (TPSA) is 59.0 Å². The zero-order chi connectivity index (χ0) is 17.9. The van der Waals surface area contributed by atoms with Gasteiger partial charge in [0.2, 0.25) is 0 Å². The van der Waals surface area contributed by atoms with E-state index in [-0.39, 0.29) is 6.03 Å². The monoisotopic (exact) mass is 368 g/mol. The minimum Gasteiger partial charge on any atom is -0.332 e. The smallest absolute Gasteiger partial charge is 0.329 e. The van der Waals surface area contributed by atoms with Crippen LogP contribution in [-0.4, -0.2) is 15.6 Å². The van der Waals surface area contributed by atoms with Crippen LogP contribution in [0.2, 0.25) is 0 Å². The van der Waals surface area contributed by atoms with E-state index in [0.29, 0.717) is 0 Å². The van der Waals surface area contributed by atoms with Crippen molar-refractivity contribution in [2.75, 3.05) is 5.32 Å². The van der Waals surface area contributed by atoms with Crippen LogP contribution in [0.25, 0.3) is 6.08 Å². The first-order chi connectivity index (χ1) is 12.8. The lowest BCUT2D eigenvalue weighted by Crippen LogP contribution is -2.23. The maximum Gasteiger partial charge on any atom is 0.329 e. The number of rotatable bonds is 5. The van der Waals surface area contributed by atoms with Crippen LogP contribution in [0, 0.1) is 0 Å². The summed E-state index contributed by atoms with van der Waals surface area (Å²) < 4.78 is 4.91. The Bertz CT molecular complexity index is 823. The number of benzene rings is 1. The first-order valence-corrected chi connectivity index (χ1v) is 10.2. The van der Waals surface area contributed by atoms with Crippen LogP contribution in [0.5, 0.6) is 0 Å². The van der Waals surface area contributed by atoms with Gasteiger partial charge in [-0.3, -0.25) is 4.72 Å². The third-order valence-corrected chi connectivity index (χ3v) is 5.81. The highest BCUT2D eigenvalue weighted by Crippen LogP contribution is 2.38. The van der Waals surface area contributed by atoms with Crippen LogP contribution in [0.3, 0.4) is 0 Å². The number of hydrogen-bond donors (Lipinski definition) is 2. The van der Waals surface area contributed by atoms with Gasteiger partial charge in [-0.1, -0.05) is 6.07 Å². The fraction of sp³-hybridized carbons (Fsp3) is 0.400. The van der Waals surface area contributed by atoms with Crippen molar-refractivity contribution >= 4 is 29.7 Å². The molecule has 2 aromatic rings. The quantitative estimate of drug-likeness (QED) is 0.773. The highest BCUT2D eigenvalue weighted by atomic mass is 32.2. The highest BCUT2D eigenvalue weighted by molar-refractivity contribution is 8.00. The number of hydrogen-bond acceptors (Lipinski definition) is 3. The molecular weight excluding hydrogens is 344 g/mol. The van der Waals surface area contributed by atoms with Gasteiger partial charge >= 0.3 is 6.03 Å². The molecule has 2 aliphatic carbocycles. The van der Waals surface area contributed by atoms with Crippen molar-refractivity contribution in [2.24, 2.45) is 0 Å². The molecule has 0 bridgehead atoms. The molecule has 0 aliphatic heterocycles. The Kier molecular flexibility index (Phi) is 5.02. The Morgan fingerprint density at radius 1 is 1.23 bits per heavy atom. The van der Waals surface area contributed by atoms with E-state index in [9.17, 15) is 4.79 Å². The van der Waals surface area contributed by atoms with Crippen molar-refractivity contribution in [3.63, 3.8) is 0 Å². The van der Waals surface area contributed by atoms with E-state index in [1.165, 1.54) is 47.0 Å². The van der Waals surface area contributed by atoms with E-state index in [2.05, 4.69) is 28.0 Å². The molecule has 1 aromatic heterocycles. The van der Waals surface area contributed by atoms with Gasteiger partial charge in [-0.2, -0.15) is 0 Å². The number of amides is 2. The van der Waals surface area contributed by atoms with E-state index < -0.39 is 0 Å². The van der Waals surface area contributed by atoms with E-state index in [0.717, 1.165) is 43.7 Å². The summed E-state index contributed by atoms with van der Waals surface area (Å²) >= 11 is 1.27. The number of urea groups is 1. The SMILES string of the molecule is CCn1ccnc1/C=C/SNC(=O)Nc1c2c(cc3c1CCC3)CCC2. The van der Waals surface area contributed by atoms with Crippen molar-refractivity contribution in [3.05, 3.63) is 51.9 Å². The van der Waals surface area contributed by atoms with Gasteiger partial charge in [0.25, 0.3) is 0 Å². The van der Waals surface area contributed by atoms with Gasteiger partial charge in [0.05, 0.1) is 0 Å². The number of carbonyl (C=O) groups excluding carboxylic acids is 1. The lowest BCUT2D eigenvalue weighted by atomic mass is 9.99. The van der Waals surface area contributed by atoms with Gasteiger partial charge in [0.1, 0.15) is 5.82 Å². The molecule has 2 amide bonds. The lowest BCUT2D eigenvalue weighted by Gasteiger charge is -2.16. The lowest BCUT2D eigenvalue weighted by molar-refractivity contribution is 0.257. The van der Waals surface area contributed by atoms with Crippen molar-refractivity contribution in [1.29, 1.82) is 0 Å². The van der Waals surface area contributed by atoms with Gasteiger partial charge in [-0.05, 0) is 91.1 Å². The molecule has 0 spiro atoms. The van der Waals surface area contributed by atoms with Crippen LogP contribution in [0.1, 0.15) is 47.8 Å². The van der Waals surface area contributed by atoms with E-state index in [1.54, 1.807) is 6.20 Å². The van der Waals surface area contributed by atoms with Gasteiger partial charge in [-0.25, -0.2) is 9.78 Å². The maximum absolute atomic E-state index is 12.4. The molecule has 26 heavy (non-hydrogen) atoms. The molecule has 4 rings (SSSR count). The minimum absolute atomic E-state index is 0.159. The summed E-state index contributed by atoms with van der Waals surface area (Å²) in [6.45, 7) is 2.96. The standard InChI is InChI=1S/C20H24N4OS/c1-2-24-11-10-21-18(24)9-12-26-23-20(25)22-19-16-7-3-5-14(16)13-15-6-4-8-17(15)19/h9-13H,2-8H2,1H3,(H2,22,23,25)/b12-9+. The summed E-state index contributed by atoms with van der Waals surface area (Å²) in [6, 6.07) is 2.22. The molecule has 2 N–H and O–H groups in total. The van der Waals surface area contributed by atoms with Crippen molar-refractivity contribution < 1.29 is 4.79 Å². The predicted octanol–water partition coefficient (Wildman–Crippen LogP) is 4.32. The summed E-state index contributed by atoms with van der Waals surface area (Å²) in [7, 11) is 0. The average Bonchev–Trinajstić information content (AvgIpc) is 3.38. The van der Waals surface area contributed by atoms with E-state index >= 15 is 0 Å². The summed E-state index contributed by atoms with van der Waals surface area (Å²) in [4.78, 5) is 16.7. The van der Waals surface area contributed by atoms with Crippen molar-refractivity contribution in [3.8, 4) is 0 Å². The van der Waals surface area contributed by atoms with Gasteiger partial charge < -0.3 is 9.88 Å². The average molecular weight is 369 g/mol. The fourth-order valence-electron chi connectivity index (χ4n) is 4.04. The van der Waals surface area contributed by atoms with Crippen LogP contribution in [0.4, 0.5) is 10.5 Å². The summed E-state index contributed by atoms with van der Waals surface area (Å²) in [6.07, 6.45) is 12.4. The molecule has 0 saturated heterocycles. The predicted molar refractivity (Wildman–Crippen MR) is 107 cm³/mol. The molecule has 5 nitrogen and oxygen atoms in total. The summed E-state index contributed by atoms with van der Waals surface area (Å²) in [5.74, 6) is 0.890. The largest absolute Gasteiger partial charge is 0.332 e. The molecule has 0 atom stereocenters. The maximum atomic E-state index is 12.4. The number of fused-ring (bicyclic) bond motifs is 2. The molecule has 136 valence electrons.